The van der Waals surface area contributed by atoms with Gasteiger partial charge in [0.2, 0.25) is 0 Å². The molecule has 0 bridgehead atoms. The SMILES string of the molecule is CC(C)(C)OC(=O)Nc1ccc(C(=O)OCC(=O)Nc2ccc(F)c(F)c2)cc1. The Morgan fingerprint density at radius 2 is 1.52 bits per heavy atom. The van der Waals surface area contributed by atoms with Crippen LogP contribution in [0.15, 0.2) is 42.5 Å². The summed E-state index contributed by atoms with van der Waals surface area (Å²) in [4.78, 5) is 35.5. The monoisotopic (exact) mass is 406 g/mol. The minimum absolute atomic E-state index is 0.0301. The van der Waals surface area contributed by atoms with Gasteiger partial charge in [0.05, 0.1) is 5.56 Å². The number of halogens is 2. The van der Waals surface area contributed by atoms with Crippen molar-refractivity contribution in [1.29, 1.82) is 0 Å². The standard InChI is InChI=1S/C20H20F2N2O5/c1-20(2,3)29-19(27)24-13-6-4-12(5-7-13)18(26)28-11-17(25)23-14-8-9-15(21)16(22)10-14/h4-10H,11H2,1-3H3,(H,23,25)(H,24,27). The number of anilines is 2. The first kappa shape index (κ1) is 21.8. The quantitative estimate of drug-likeness (QED) is 0.729. The van der Waals surface area contributed by atoms with Crippen molar-refractivity contribution in [2.75, 3.05) is 17.2 Å². The summed E-state index contributed by atoms with van der Waals surface area (Å²) >= 11 is 0. The number of nitrogens with one attached hydrogen (secondary N) is 2. The van der Waals surface area contributed by atoms with Crippen LogP contribution in [-0.4, -0.2) is 30.2 Å². The van der Waals surface area contributed by atoms with Crippen molar-refractivity contribution in [1.82, 2.24) is 0 Å². The summed E-state index contributed by atoms with van der Waals surface area (Å²) in [6.45, 7) is 4.58. The Morgan fingerprint density at radius 3 is 2.10 bits per heavy atom. The van der Waals surface area contributed by atoms with Crippen LogP contribution in [0.4, 0.5) is 25.0 Å². The molecule has 154 valence electrons. The predicted octanol–water partition coefficient (Wildman–Crippen LogP) is 4.11. The summed E-state index contributed by atoms with van der Waals surface area (Å²) in [7, 11) is 0. The molecule has 0 aromatic heterocycles. The summed E-state index contributed by atoms with van der Waals surface area (Å²) in [5.41, 5.74) is -0.0524. The zero-order chi connectivity index (χ0) is 21.6. The van der Waals surface area contributed by atoms with E-state index in [4.69, 9.17) is 9.47 Å². The molecule has 0 saturated carbocycles. The lowest BCUT2D eigenvalue weighted by Gasteiger charge is -2.19. The molecule has 2 rings (SSSR count). The van der Waals surface area contributed by atoms with Crippen LogP contribution in [0.1, 0.15) is 31.1 Å². The minimum Gasteiger partial charge on any atom is -0.452 e. The van der Waals surface area contributed by atoms with Crippen molar-refractivity contribution in [3.05, 3.63) is 59.7 Å². The first-order chi connectivity index (χ1) is 13.5. The highest BCUT2D eigenvalue weighted by molar-refractivity contribution is 5.96. The molecule has 0 radical (unpaired) electrons. The molecular weight excluding hydrogens is 386 g/mol. The van der Waals surface area contributed by atoms with Crippen molar-refractivity contribution < 1.29 is 32.6 Å². The van der Waals surface area contributed by atoms with Gasteiger partial charge in [-0.15, -0.1) is 0 Å². The third kappa shape index (κ3) is 7.21. The van der Waals surface area contributed by atoms with Crippen molar-refractivity contribution >= 4 is 29.3 Å². The molecule has 29 heavy (non-hydrogen) atoms. The Kier molecular flexibility index (Phi) is 6.87. The topological polar surface area (TPSA) is 93.7 Å². The molecule has 9 heteroatoms. The zero-order valence-corrected chi connectivity index (χ0v) is 16.0. The van der Waals surface area contributed by atoms with Crippen molar-refractivity contribution in [2.45, 2.75) is 26.4 Å². The summed E-state index contributed by atoms with van der Waals surface area (Å²) in [5, 5.41) is 4.80. The van der Waals surface area contributed by atoms with Gasteiger partial charge < -0.3 is 14.8 Å². The van der Waals surface area contributed by atoms with Crippen LogP contribution in [0.25, 0.3) is 0 Å². The molecule has 2 N–H and O–H groups in total. The van der Waals surface area contributed by atoms with E-state index in [1.807, 2.05) is 0 Å². The second-order valence-corrected chi connectivity index (χ2v) is 6.96. The molecular formula is C20H20F2N2O5. The van der Waals surface area contributed by atoms with E-state index in [9.17, 15) is 23.2 Å². The number of hydrogen-bond acceptors (Lipinski definition) is 5. The highest BCUT2D eigenvalue weighted by Gasteiger charge is 2.16. The molecule has 0 spiro atoms. The van der Waals surface area contributed by atoms with E-state index in [0.29, 0.717) is 5.69 Å². The van der Waals surface area contributed by atoms with Crippen LogP contribution >= 0.6 is 0 Å². The van der Waals surface area contributed by atoms with Gasteiger partial charge in [0.15, 0.2) is 18.2 Å². The van der Waals surface area contributed by atoms with Gasteiger partial charge in [-0.2, -0.15) is 0 Å². The number of amides is 2. The Labute approximate surface area is 166 Å². The van der Waals surface area contributed by atoms with Crippen molar-refractivity contribution in [3.63, 3.8) is 0 Å². The third-order valence-electron chi connectivity index (χ3n) is 3.30. The average molecular weight is 406 g/mol. The summed E-state index contributed by atoms with van der Waals surface area (Å²) < 4.78 is 36.0. The van der Waals surface area contributed by atoms with E-state index in [1.54, 1.807) is 20.8 Å². The molecule has 2 aromatic rings. The molecule has 2 amide bonds. The molecule has 0 aliphatic heterocycles. The maximum atomic E-state index is 13.1. The fraction of sp³-hybridized carbons (Fsp3) is 0.250. The van der Waals surface area contributed by atoms with Gasteiger partial charge in [0.25, 0.3) is 5.91 Å². The molecule has 0 unspecified atom stereocenters. The fourth-order valence-corrected chi connectivity index (χ4v) is 2.10. The summed E-state index contributed by atoms with van der Waals surface area (Å²) in [5.74, 6) is -3.64. The smallest absolute Gasteiger partial charge is 0.412 e. The maximum absolute atomic E-state index is 13.1. The van der Waals surface area contributed by atoms with E-state index >= 15 is 0 Å². The number of benzene rings is 2. The van der Waals surface area contributed by atoms with Crippen LogP contribution in [0, 0.1) is 11.6 Å². The second kappa shape index (κ2) is 9.13. The molecule has 7 nitrogen and oxygen atoms in total. The van der Waals surface area contributed by atoms with Crippen LogP contribution in [-0.2, 0) is 14.3 Å². The van der Waals surface area contributed by atoms with E-state index in [-0.39, 0.29) is 11.3 Å². The lowest BCUT2D eigenvalue weighted by molar-refractivity contribution is -0.119. The first-order valence-corrected chi connectivity index (χ1v) is 8.55. The highest BCUT2D eigenvalue weighted by Crippen LogP contribution is 2.15. The molecule has 0 heterocycles. The third-order valence-corrected chi connectivity index (χ3v) is 3.30. The summed E-state index contributed by atoms with van der Waals surface area (Å²) in [6.07, 6.45) is -0.637. The van der Waals surface area contributed by atoms with Crippen LogP contribution < -0.4 is 10.6 Å². The second-order valence-electron chi connectivity index (χ2n) is 6.96. The average Bonchev–Trinajstić information content (AvgIpc) is 2.62. The molecule has 0 aliphatic rings. The predicted molar refractivity (Wildman–Crippen MR) is 102 cm³/mol. The van der Waals surface area contributed by atoms with Crippen LogP contribution in [0.5, 0.6) is 0 Å². The van der Waals surface area contributed by atoms with E-state index in [0.717, 1.165) is 12.1 Å². The Bertz CT molecular complexity index is 908. The van der Waals surface area contributed by atoms with E-state index < -0.39 is 41.8 Å². The normalized spacial score (nSPS) is 10.8. The van der Waals surface area contributed by atoms with Gasteiger partial charge in [0, 0.05) is 17.4 Å². The van der Waals surface area contributed by atoms with Gasteiger partial charge in [-0.05, 0) is 57.2 Å². The largest absolute Gasteiger partial charge is 0.452 e. The van der Waals surface area contributed by atoms with E-state index in [1.165, 1.54) is 30.3 Å². The van der Waals surface area contributed by atoms with Crippen molar-refractivity contribution in [2.24, 2.45) is 0 Å². The number of hydrogen-bond donors (Lipinski definition) is 2. The zero-order valence-electron chi connectivity index (χ0n) is 16.0. The number of rotatable bonds is 5. The van der Waals surface area contributed by atoms with E-state index in [2.05, 4.69) is 10.6 Å². The fourth-order valence-electron chi connectivity index (χ4n) is 2.10. The molecule has 0 aliphatic carbocycles. The summed E-state index contributed by atoms with van der Waals surface area (Å²) in [6, 6.07) is 8.61. The Morgan fingerprint density at radius 1 is 0.897 bits per heavy atom. The minimum atomic E-state index is -1.11. The maximum Gasteiger partial charge on any atom is 0.412 e. The number of esters is 1. The lowest BCUT2D eigenvalue weighted by Crippen LogP contribution is -2.27. The molecule has 0 atom stereocenters. The molecule has 2 aromatic carbocycles. The number of carbonyl (C=O) groups excluding carboxylic acids is 3. The Balaban J connectivity index is 1.85. The van der Waals surface area contributed by atoms with Crippen LogP contribution in [0.3, 0.4) is 0 Å². The van der Waals surface area contributed by atoms with Gasteiger partial charge in [0.1, 0.15) is 5.60 Å². The van der Waals surface area contributed by atoms with Crippen LogP contribution in [0.2, 0.25) is 0 Å². The van der Waals surface area contributed by atoms with Gasteiger partial charge in [-0.1, -0.05) is 0 Å². The molecule has 0 fully saturated rings. The Hall–Kier alpha value is -3.49. The van der Waals surface area contributed by atoms with Gasteiger partial charge >= 0.3 is 12.1 Å². The number of ether oxygens (including phenoxy) is 2. The lowest BCUT2D eigenvalue weighted by atomic mass is 10.2. The van der Waals surface area contributed by atoms with Gasteiger partial charge in [-0.3, -0.25) is 10.1 Å². The highest BCUT2D eigenvalue weighted by atomic mass is 19.2. The number of carbonyl (C=O) groups is 3. The van der Waals surface area contributed by atoms with Crippen molar-refractivity contribution in [3.8, 4) is 0 Å². The molecule has 0 saturated heterocycles. The first-order valence-electron chi connectivity index (χ1n) is 8.55. The van der Waals surface area contributed by atoms with Gasteiger partial charge in [-0.25, -0.2) is 18.4 Å².